The number of hydrogen-bond acceptors (Lipinski definition) is 4. The van der Waals surface area contributed by atoms with E-state index >= 15 is 0 Å². The van der Waals surface area contributed by atoms with Crippen molar-refractivity contribution in [3.63, 3.8) is 0 Å². The van der Waals surface area contributed by atoms with Gasteiger partial charge in [0.15, 0.2) is 0 Å². The zero-order valence-corrected chi connectivity index (χ0v) is 4.93. The Labute approximate surface area is 51.9 Å². The monoisotopic (exact) mass is 131 g/mol. The maximum absolute atomic E-state index is 10.4. The fraction of sp³-hybridized carbons (Fsp3) is 0.333. The molecule has 0 atom stereocenters. The molecule has 0 bridgehead atoms. The van der Waals surface area contributed by atoms with Crippen LogP contribution >= 0.6 is 12.8 Å². The molecule has 0 saturated heterocycles. The predicted molar refractivity (Wildman–Crippen MR) is 32.1 cm³/mol. The van der Waals surface area contributed by atoms with Gasteiger partial charge in [-0.05, 0) is 12.8 Å². The number of nitrogens with two attached hydrogens (primary N) is 1. The summed E-state index contributed by atoms with van der Waals surface area (Å²) in [5.41, 5.74) is 5.15. The lowest BCUT2D eigenvalue weighted by molar-refractivity contribution is -0.123. The van der Waals surface area contributed by atoms with E-state index in [9.17, 15) is 4.79 Å². The number of amidine groups is 1. The number of hydrazone groups is 1. The van der Waals surface area contributed by atoms with E-state index in [1.54, 1.807) is 0 Å². The number of rotatable bonds is 0. The number of carbonyl (C=O) groups is 1. The molecule has 0 unspecified atom stereocenters. The van der Waals surface area contributed by atoms with Crippen molar-refractivity contribution in [1.82, 2.24) is 4.41 Å². The van der Waals surface area contributed by atoms with Crippen LogP contribution in [0.2, 0.25) is 0 Å². The second-order valence-corrected chi connectivity index (χ2v) is 1.83. The molecule has 0 aromatic heterocycles. The summed E-state index contributed by atoms with van der Waals surface area (Å²) in [6.07, 6.45) is 0.198. The highest BCUT2D eigenvalue weighted by atomic mass is 32.1. The maximum Gasteiger partial charge on any atom is 0.260 e. The molecule has 0 radical (unpaired) electrons. The lowest BCUT2D eigenvalue weighted by Gasteiger charge is -1.95. The van der Waals surface area contributed by atoms with Crippen LogP contribution in [0.5, 0.6) is 0 Å². The average molecular weight is 131 g/mol. The first-order chi connectivity index (χ1) is 3.70. The first-order valence-corrected chi connectivity index (χ1v) is 2.45. The van der Waals surface area contributed by atoms with Gasteiger partial charge in [-0.3, -0.25) is 4.79 Å². The highest BCUT2D eigenvalue weighted by Crippen LogP contribution is 2.05. The van der Waals surface area contributed by atoms with Crippen LogP contribution in [0.25, 0.3) is 0 Å². The Balaban J connectivity index is 2.69. The first kappa shape index (κ1) is 5.43. The van der Waals surface area contributed by atoms with E-state index in [1.165, 1.54) is 0 Å². The molecule has 1 aliphatic rings. The van der Waals surface area contributed by atoms with Gasteiger partial charge in [0, 0.05) is 0 Å². The Morgan fingerprint density at radius 2 is 2.50 bits per heavy atom. The van der Waals surface area contributed by atoms with E-state index in [0.717, 1.165) is 4.41 Å². The van der Waals surface area contributed by atoms with Crippen molar-refractivity contribution in [1.29, 1.82) is 0 Å². The number of thiol groups is 1. The third-order valence-electron chi connectivity index (χ3n) is 0.779. The molecule has 0 aliphatic carbocycles. The minimum atomic E-state index is -0.175. The molecule has 1 heterocycles. The molecule has 0 aromatic rings. The summed E-state index contributed by atoms with van der Waals surface area (Å²) in [4.78, 5) is 10.4. The predicted octanol–water partition coefficient (Wildman–Crippen LogP) is -0.664. The SMILES string of the molecule is NC1=NN(S)C(=O)C1. The molecule has 1 rings (SSSR count). The van der Waals surface area contributed by atoms with Gasteiger partial charge in [0.1, 0.15) is 5.84 Å². The van der Waals surface area contributed by atoms with Gasteiger partial charge in [0.05, 0.1) is 6.42 Å². The summed E-state index contributed by atoms with van der Waals surface area (Å²) in [7, 11) is 0. The Morgan fingerprint density at radius 1 is 1.88 bits per heavy atom. The van der Waals surface area contributed by atoms with Crippen LogP contribution < -0.4 is 5.73 Å². The van der Waals surface area contributed by atoms with E-state index in [1.807, 2.05) is 0 Å². The van der Waals surface area contributed by atoms with Gasteiger partial charge in [-0.15, -0.1) is 5.10 Å². The van der Waals surface area contributed by atoms with Crippen molar-refractivity contribution in [3.8, 4) is 0 Å². The van der Waals surface area contributed by atoms with E-state index in [-0.39, 0.29) is 12.3 Å². The smallest absolute Gasteiger partial charge is 0.260 e. The lowest BCUT2D eigenvalue weighted by Crippen LogP contribution is -2.11. The van der Waals surface area contributed by atoms with Gasteiger partial charge in [0.2, 0.25) is 0 Å². The van der Waals surface area contributed by atoms with Crippen molar-refractivity contribution in [2.45, 2.75) is 6.42 Å². The van der Waals surface area contributed by atoms with Crippen LogP contribution in [-0.2, 0) is 4.79 Å². The normalized spacial score (nSPS) is 19.4. The molecule has 44 valence electrons. The van der Waals surface area contributed by atoms with Crippen molar-refractivity contribution in [2.24, 2.45) is 10.8 Å². The minimum absolute atomic E-state index is 0.175. The molecule has 4 nitrogen and oxygen atoms in total. The van der Waals surface area contributed by atoms with E-state index in [0.29, 0.717) is 5.84 Å². The number of carbonyl (C=O) groups excluding carboxylic acids is 1. The van der Waals surface area contributed by atoms with Gasteiger partial charge >= 0.3 is 0 Å². The Kier molecular flexibility index (Phi) is 1.13. The average Bonchev–Trinajstić information content (AvgIpc) is 1.85. The van der Waals surface area contributed by atoms with Crippen LogP contribution in [0.3, 0.4) is 0 Å². The molecular formula is C3H5N3OS. The van der Waals surface area contributed by atoms with E-state index in [4.69, 9.17) is 5.73 Å². The third-order valence-corrected chi connectivity index (χ3v) is 1.09. The summed E-state index contributed by atoms with van der Waals surface area (Å²) in [6, 6.07) is 0. The Bertz CT molecular complexity index is 155. The van der Waals surface area contributed by atoms with Crippen LogP contribution in [0, 0.1) is 0 Å². The fourth-order valence-corrected chi connectivity index (χ4v) is 0.624. The third kappa shape index (κ3) is 0.764. The van der Waals surface area contributed by atoms with Gasteiger partial charge in [-0.25, -0.2) is 0 Å². The molecule has 5 heteroatoms. The summed E-state index contributed by atoms with van der Waals surface area (Å²) in [6.45, 7) is 0. The maximum atomic E-state index is 10.4. The zero-order chi connectivity index (χ0) is 6.15. The highest BCUT2D eigenvalue weighted by Gasteiger charge is 2.17. The second kappa shape index (κ2) is 1.66. The molecule has 0 spiro atoms. The fourth-order valence-electron chi connectivity index (χ4n) is 0.438. The van der Waals surface area contributed by atoms with Crippen LogP contribution in [0.4, 0.5) is 0 Å². The van der Waals surface area contributed by atoms with E-state index < -0.39 is 0 Å². The van der Waals surface area contributed by atoms with Crippen LogP contribution in [-0.4, -0.2) is 16.2 Å². The molecule has 1 aliphatic heterocycles. The Hall–Kier alpha value is -0.710. The molecular weight excluding hydrogens is 126 g/mol. The summed E-state index contributed by atoms with van der Waals surface area (Å²) in [5.74, 6) is 0.149. The zero-order valence-electron chi connectivity index (χ0n) is 4.03. The van der Waals surface area contributed by atoms with Crippen molar-refractivity contribution in [3.05, 3.63) is 0 Å². The molecule has 0 aromatic carbocycles. The lowest BCUT2D eigenvalue weighted by atomic mass is 10.4. The summed E-state index contributed by atoms with van der Waals surface area (Å²) >= 11 is 3.66. The molecule has 0 saturated carbocycles. The van der Waals surface area contributed by atoms with Crippen LogP contribution in [0.1, 0.15) is 6.42 Å². The topological polar surface area (TPSA) is 58.7 Å². The molecule has 0 fully saturated rings. The van der Waals surface area contributed by atoms with E-state index in [2.05, 4.69) is 17.9 Å². The van der Waals surface area contributed by atoms with Crippen LogP contribution in [0.15, 0.2) is 5.10 Å². The van der Waals surface area contributed by atoms with Gasteiger partial charge < -0.3 is 5.73 Å². The standard InChI is InChI=1S/C3H5N3OS/c4-2-1-3(7)6(8)5-2/h8H,1H2,(H2,4,5). The summed E-state index contributed by atoms with van der Waals surface area (Å²) < 4.78 is 0.940. The van der Waals surface area contributed by atoms with Crippen molar-refractivity contribution in [2.75, 3.05) is 0 Å². The molecule has 1 amide bonds. The minimum Gasteiger partial charge on any atom is -0.385 e. The number of nitrogens with zero attached hydrogens (tertiary/aromatic N) is 2. The summed E-state index contributed by atoms with van der Waals surface area (Å²) in [5, 5.41) is 3.51. The number of hydrogen-bond donors (Lipinski definition) is 2. The van der Waals surface area contributed by atoms with Crippen molar-refractivity contribution >= 4 is 24.6 Å². The van der Waals surface area contributed by atoms with Crippen molar-refractivity contribution < 1.29 is 4.79 Å². The Morgan fingerprint density at radius 3 is 2.62 bits per heavy atom. The first-order valence-electron chi connectivity index (χ1n) is 2.05. The van der Waals surface area contributed by atoms with Gasteiger partial charge in [-0.1, -0.05) is 0 Å². The largest absolute Gasteiger partial charge is 0.385 e. The highest BCUT2D eigenvalue weighted by molar-refractivity contribution is 7.78. The molecule has 8 heavy (non-hydrogen) atoms. The van der Waals surface area contributed by atoms with Gasteiger partial charge in [0.25, 0.3) is 5.91 Å². The number of amides is 1. The quantitative estimate of drug-likeness (QED) is 0.428. The molecule has 2 N–H and O–H groups in total. The van der Waals surface area contributed by atoms with Gasteiger partial charge in [-0.2, -0.15) is 4.41 Å². The second-order valence-electron chi connectivity index (χ2n) is 1.45.